The Kier molecular flexibility index (Phi) is 5.68. The molecule has 0 aromatic carbocycles. The molecule has 3 N–H and O–H groups in total. The molecule has 0 amide bonds. The van der Waals surface area contributed by atoms with Gasteiger partial charge in [0.2, 0.25) is 0 Å². The number of aliphatic hydroxyl groups is 3. The Morgan fingerprint density at radius 2 is 1.75 bits per heavy atom. The number of rotatable bonds is 5. The number of epoxide rings is 1. The first-order valence-electron chi connectivity index (χ1n) is 13.5. The quantitative estimate of drug-likeness (QED) is 0.306. The largest absolute Gasteiger partial charge is 0.369 e. The lowest BCUT2D eigenvalue weighted by Gasteiger charge is -2.61. The summed E-state index contributed by atoms with van der Waals surface area (Å²) in [5, 5.41) is 30.8. The average Bonchev–Trinajstić information content (AvgIpc) is 3.36. The Morgan fingerprint density at radius 3 is 2.44 bits per heavy atom. The van der Waals surface area contributed by atoms with Crippen LogP contribution in [0, 0.1) is 52.3 Å². The van der Waals surface area contributed by atoms with E-state index >= 15 is 0 Å². The molecule has 0 aromatic rings. The third-order valence-electron chi connectivity index (χ3n) is 11.3. The predicted molar refractivity (Wildman–Crippen MR) is 125 cm³/mol. The Hall–Kier alpha value is -0.420. The zero-order valence-electron chi connectivity index (χ0n) is 20.9. The van der Waals surface area contributed by atoms with Crippen LogP contribution in [-0.2, 0) is 4.74 Å². The lowest BCUT2D eigenvalue weighted by molar-refractivity contribution is -0.297. The maximum Gasteiger partial charge on any atom is 0.300 e. The number of ether oxygens (including phenoxy) is 1. The zero-order chi connectivity index (χ0) is 23.1. The molecule has 32 heavy (non-hydrogen) atoms. The highest BCUT2D eigenvalue weighted by molar-refractivity contribution is 5.27. The van der Waals surface area contributed by atoms with E-state index in [0.717, 1.165) is 31.6 Å². The second-order valence-electron chi connectivity index (χ2n) is 13.1. The molecule has 182 valence electrons. The molecule has 3 unspecified atom stereocenters. The summed E-state index contributed by atoms with van der Waals surface area (Å²) in [5.74, 6) is 1.60. The smallest absolute Gasteiger partial charge is 0.300 e. The molecular weight excluding hydrogens is 400 g/mol. The number of hydrogen-bond donors (Lipinski definition) is 3. The van der Waals surface area contributed by atoms with Crippen molar-refractivity contribution in [3.05, 3.63) is 11.6 Å². The Balaban J connectivity index is 1.38. The third kappa shape index (κ3) is 3.46. The summed E-state index contributed by atoms with van der Waals surface area (Å²) >= 11 is 0. The Bertz CT molecular complexity index is 753. The Morgan fingerprint density at radius 1 is 1.00 bits per heavy atom. The van der Waals surface area contributed by atoms with E-state index in [9.17, 15) is 15.3 Å². The molecule has 0 aromatic heterocycles. The van der Waals surface area contributed by atoms with Crippen LogP contribution in [0.3, 0.4) is 0 Å². The maximum atomic E-state index is 10.3. The highest BCUT2D eigenvalue weighted by Crippen LogP contribution is 2.69. The molecule has 0 radical (unpaired) electrons. The van der Waals surface area contributed by atoms with E-state index in [-0.39, 0.29) is 5.41 Å². The van der Waals surface area contributed by atoms with Crippen LogP contribution in [0.25, 0.3) is 0 Å². The molecule has 3 saturated carbocycles. The molecule has 4 aliphatic carbocycles. The van der Waals surface area contributed by atoms with Gasteiger partial charge in [-0.25, -0.2) is 0 Å². The molecule has 1 saturated heterocycles. The van der Waals surface area contributed by atoms with Crippen LogP contribution in [0.15, 0.2) is 11.6 Å². The summed E-state index contributed by atoms with van der Waals surface area (Å²) in [6.07, 6.45) is 13.4. The van der Waals surface area contributed by atoms with Gasteiger partial charge in [-0.3, -0.25) is 0 Å². The van der Waals surface area contributed by atoms with Crippen molar-refractivity contribution in [1.29, 1.82) is 0 Å². The van der Waals surface area contributed by atoms with Gasteiger partial charge >= 0.3 is 5.97 Å². The first-order chi connectivity index (χ1) is 15.0. The number of fused-ring (bicyclic) bond motifs is 5. The van der Waals surface area contributed by atoms with E-state index in [2.05, 4.69) is 34.6 Å². The first kappa shape index (κ1) is 23.3. The second-order valence-corrected chi connectivity index (χ2v) is 13.1. The molecule has 10 atom stereocenters. The molecule has 0 spiro atoms. The van der Waals surface area contributed by atoms with Crippen LogP contribution in [0.4, 0.5) is 0 Å². The highest BCUT2D eigenvalue weighted by Gasteiger charge is 2.64. The van der Waals surface area contributed by atoms with Gasteiger partial charge in [0, 0.05) is 11.0 Å². The maximum absolute atomic E-state index is 10.3. The highest BCUT2D eigenvalue weighted by atomic mass is 16.7. The Labute approximate surface area is 194 Å². The van der Waals surface area contributed by atoms with Crippen molar-refractivity contribution < 1.29 is 20.1 Å². The molecular formula is C28H46O4. The van der Waals surface area contributed by atoms with Crippen molar-refractivity contribution in [2.75, 3.05) is 0 Å². The van der Waals surface area contributed by atoms with Gasteiger partial charge < -0.3 is 20.1 Å². The van der Waals surface area contributed by atoms with Gasteiger partial charge in [-0.15, -0.1) is 0 Å². The SMILES string of the molecule is CC(C)CC1OC1[C@@H](C)[C@H]1CC[C@H]2[C@@H]3CCC4CCC=C(C(O)(O)O)[C@]4(C)[C@H]3CC[C@]12C. The van der Waals surface area contributed by atoms with E-state index in [0.29, 0.717) is 58.7 Å². The van der Waals surface area contributed by atoms with Crippen LogP contribution < -0.4 is 0 Å². The predicted octanol–water partition coefficient (Wildman–Crippen LogP) is 5.26. The van der Waals surface area contributed by atoms with Gasteiger partial charge in [0.05, 0.1) is 12.2 Å². The van der Waals surface area contributed by atoms with E-state index < -0.39 is 5.97 Å². The zero-order valence-corrected chi connectivity index (χ0v) is 20.9. The first-order valence-corrected chi connectivity index (χ1v) is 13.5. The van der Waals surface area contributed by atoms with Gasteiger partial charge in [0.15, 0.2) is 0 Å². The summed E-state index contributed by atoms with van der Waals surface area (Å²) in [4.78, 5) is 0. The van der Waals surface area contributed by atoms with E-state index in [1.807, 2.05) is 6.08 Å². The standard InChI is InChI=1S/C28H46O4/c1-16(2)15-23-25(32-23)17(3)20-11-12-21-19-10-9-18-7-6-8-24(28(29,30)31)27(18,5)22(19)13-14-26(20,21)4/h8,16-23,25,29-31H,6-7,9-15H2,1-5H3/t17-,18?,19-,20+,21-,22-,23?,25?,26+,27-/m0/s1. The topological polar surface area (TPSA) is 73.2 Å². The molecule has 4 fully saturated rings. The van der Waals surface area contributed by atoms with Crippen LogP contribution in [0.5, 0.6) is 0 Å². The fraction of sp³-hybridized carbons (Fsp3) is 0.929. The summed E-state index contributed by atoms with van der Waals surface area (Å²) in [6.45, 7) is 11.9. The second kappa shape index (κ2) is 7.80. The summed E-state index contributed by atoms with van der Waals surface area (Å²) < 4.78 is 6.18. The lowest BCUT2D eigenvalue weighted by atomic mass is 9.44. The molecule has 5 rings (SSSR count). The van der Waals surface area contributed by atoms with Gasteiger partial charge in [-0.05, 0) is 105 Å². The normalized spacial score (nSPS) is 49.2. The van der Waals surface area contributed by atoms with Crippen LogP contribution in [-0.4, -0.2) is 33.5 Å². The van der Waals surface area contributed by atoms with Gasteiger partial charge in [-0.1, -0.05) is 40.7 Å². The van der Waals surface area contributed by atoms with E-state index in [1.54, 1.807) is 0 Å². The van der Waals surface area contributed by atoms with Crippen LogP contribution in [0.1, 0.15) is 92.4 Å². The van der Waals surface area contributed by atoms with Crippen molar-refractivity contribution in [2.45, 2.75) is 111 Å². The van der Waals surface area contributed by atoms with Crippen LogP contribution >= 0.6 is 0 Å². The minimum Gasteiger partial charge on any atom is -0.369 e. The van der Waals surface area contributed by atoms with Crippen molar-refractivity contribution in [1.82, 2.24) is 0 Å². The van der Waals surface area contributed by atoms with Gasteiger partial charge in [0.25, 0.3) is 0 Å². The number of hydrogen-bond acceptors (Lipinski definition) is 4. The molecule has 5 aliphatic rings. The molecule has 1 aliphatic heterocycles. The van der Waals surface area contributed by atoms with Crippen molar-refractivity contribution in [2.24, 2.45) is 52.3 Å². The molecule has 1 heterocycles. The lowest BCUT2D eigenvalue weighted by Crippen LogP contribution is -2.56. The fourth-order valence-corrected chi connectivity index (χ4v) is 9.85. The van der Waals surface area contributed by atoms with E-state index in [1.165, 1.54) is 32.1 Å². The fourth-order valence-electron chi connectivity index (χ4n) is 9.85. The van der Waals surface area contributed by atoms with Crippen molar-refractivity contribution in [3.8, 4) is 0 Å². The molecule has 4 nitrogen and oxygen atoms in total. The van der Waals surface area contributed by atoms with Crippen molar-refractivity contribution in [3.63, 3.8) is 0 Å². The molecule has 4 heteroatoms. The van der Waals surface area contributed by atoms with Crippen molar-refractivity contribution >= 4 is 0 Å². The number of allylic oxidation sites excluding steroid dienone is 1. The average molecular weight is 447 g/mol. The van der Waals surface area contributed by atoms with E-state index in [4.69, 9.17) is 4.74 Å². The summed E-state index contributed by atoms with van der Waals surface area (Å²) in [7, 11) is 0. The van der Waals surface area contributed by atoms with Crippen LogP contribution in [0.2, 0.25) is 0 Å². The van der Waals surface area contributed by atoms with Gasteiger partial charge in [0.1, 0.15) is 0 Å². The summed E-state index contributed by atoms with van der Waals surface area (Å²) in [6, 6.07) is 0. The monoisotopic (exact) mass is 446 g/mol. The van der Waals surface area contributed by atoms with Gasteiger partial charge in [-0.2, -0.15) is 0 Å². The third-order valence-corrected chi connectivity index (χ3v) is 11.3. The minimum absolute atomic E-state index is 0.299. The minimum atomic E-state index is -2.68. The molecule has 0 bridgehead atoms. The summed E-state index contributed by atoms with van der Waals surface area (Å²) in [5.41, 5.74) is 0.558.